The van der Waals surface area contributed by atoms with Crippen LogP contribution in [0.1, 0.15) is 25.0 Å². The number of hydrogen-bond acceptors (Lipinski definition) is 4. The molecule has 5 nitrogen and oxygen atoms in total. The minimum Gasteiger partial charge on any atom is -0.455 e. The largest absolute Gasteiger partial charge is 0.455 e. The van der Waals surface area contributed by atoms with Gasteiger partial charge in [0.15, 0.2) is 5.65 Å². The van der Waals surface area contributed by atoms with E-state index in [1.165, 1.54) is 44.1 Å². The fraction of sp³-hybridized carbons (Fsp3) is 0.0750. The van der Waals surface area contributed by atoms with E-state index >= 15 is 0 Å². The van der Waals surface area contributed by atoms with Crippen molar-refractivity contribution in [2.24, 2.45) is 0 Å². The van der Waals surface area contributed by atoms with Gasteiger partial charge in [-0.2, -0.15) is 0 Å². The van der Waals surface area contributed by atoms with Gasteiger partial charge in [0.2, 0.25) is 0 Å². The van der Waals surface area contributed by atoms with Crippen molar-refractivity contribution >= 4 is 54.9 Å². The smallest absolute Gasteiger partial charge is 0.178 e. The maximum Gasteiger partial charge on any atom is 0.178 e. The molecule has 1 aliphatic rings. The minimum atomic E-state index is -0.0793. The highest BCUT2D eigenvalue weighted by Gasteiger charge is 2.36. The molecule has 0 radical (unpaired) electrons. The molecular formula is C40H26N4O. The molecule has 0 atom stereocenters. The molecule has 5 heteroatoms. The number of aromatic nitrogens is 4. The molecule has 45 heavy (non-hydrogen) atoms. The molecular weight excluding hydrogens is 552 g/mol. The lowest BCUT2D eigenvalue weighted by Gasteiger charge is -2.21. The fourth-order valence-corrected chi connectivity index (χ4v) is 7.67. The number of benzene rings is 5. The zero-order chi connectivity index (χ0) is 29.9. The summed E-state index contributed by atoms with van der Waals surface area (Å²) < 4.78 is 8.99. The highest BCUT2D eigenvalue weighted by atomic mass is 16.3. The maximum absolute atomic E-state index is 6.58. The second-order valence-corrected chi connectivity index (χ2v) is 12.5. The van der Waals surface area contributed by atoms with Crippen molar-refractivity contribution in [3.63, 3.8) is 0 Å². The first kappa shape index (κ1) is 24.6. The summed E-state index contributed by atoms with van der Waals surface area (Å²) in [6.07, 6.45) is 5.16. The van der Waals surface area contributed by atoms with Gasteiger partial charge in [0.05, 0.1) is 11.0 Å². The zero-order valence-corrected chi connectivity index (χ0v) is 24.7. The molecule has 10 rings (SSSR count). The van der Waals surface area contributed by atoms with Crippen molar-refractivity contribution in [1.82, 2.24) is 19.5 Å². The van der Waals surface area contributed by atoms with Crippen molar-refractivity contribution in [1.29, 1.82) is 0 Å². The molecule has 212 valence electrons. The van der Waals surface area contributed by atoms with Crippen LogP contribution in [0, 0.1) is 0 Å². The van der Waals surface area contributed by atoms with Crippen molar-refractivity contribution in [3.8, 4) is 27.9 Å². The third-order valence-electron chi connectivity index (χ3n) is 9.78. The van der Waals surface area contributed by atoms with Gasteiger partial charge in [0, 0.05) is 62.4 Å². The molecule has 0 unspecified atom stereocenters. The van der Waals surface area contributed by atoms with Gasteiger partial charge in [-0.05, 0) is 64.7 Å². The molecule has 0 spiro atoms. The Labute approximate surface area is 258 Å². The number of para-hydroxylation sites is 2. The summed E-state index contributed by atoms with van der Waals surface area (Å²) in [6.45, 7) is 4.69. The van der Waals surface area contributed by atoms with Crippen LogP contribution < -0.4 is 0 Å². The minimum absolute atomic E-state index is 0.0793. The van der Waals surface area contributed by atoms with E-state index in [4.69, 9.17) is 4.42 Å². The molecule has 0 N–H and O–H groups in total. The number of fused-ring (bicyclic) bond motifs is 10. The Morgan fingerprint density at radius 3 is 2.31 bits per heavy atom. The van der Waals surface area contributed by atoms with Crippen molar-refractivity contribution in [2.75, 3.05) is 0 Å². The Morgan fingerprint density at radius 2 is 1.36 bits per heavy atom. The quantitative estimate of drug-likeness (QED) is 0.205. The zero-order valence-electron chi connectivity index (χ0n) is 24.7. The molecule has 9 aromatic rings. The second kappa shape index (κ2) is 8.64. The summed E-state index contributed by atoms with van der Waals surface area (Å²) in [6, 6.07) is 37.3. The summed E-state index contributed by atoms with van der Waals surface area (Å²) in [7, 11) is 0. The lowest BCUT2D eigenvalue weighted by Crippen LogP contribution is -2.14. The van der Waals surface area contributed by atoms with Crippen molar-refractivity contribution < 1.29 is 4.42 Å². The molecule has 0 fully saturated rings. The number of nitrogens with zero attached hydrogens (tertiary/aromatic N) is 4. The normalized spacial score (nSPS) is 13.7. The molecule has 0 bridgehead atoms. The van der Waals surface area contributed by atoms with E-state index in [1.807, 2.05) is 6.07 Å². The van der Waals surface area contributed by atoms with Crippen LogP contribution in [0.2, 0.25) is 0 Å². The van der Waals surface area contributed by atoms with Crippen LogP contribution in [0.3, 0.4) is 0 Å². The summed E-state index contributed by atoms with van der Waals surface area (Å²) in [4.78, 5) is 13.4. The van der Waals surface area contributed by atoms with Gasteiger partial charge < -0.3 is 8.98 Å². The van der Waals surface area contributed by atoms with Crippen LogP contribution in [-0.2, 0) is 5.41 Å². The molecule has 4 aromatic heterocycles. The molecule has 5 aromatic carbocycles. The molecule has 0 amide bonds. The topological polar surface area (TPSA) is 56.7 Å². The highest BCUT2D eigenvalue weighted by molar-refractivity contribution is 6.14. The van der Waals surface area contributed by atoms with Gasteiger partial charge >= 0.3 is 0 Å². The Kier molecular flexibility index (Phi) is 4.73. The van der Waals surface area contributed by atoms with Gasteiger partial charge in [0.25, 0.3) is 0 Å². The first-order valence-corrected chi connectivity index (χ1v) is 15.3. The first-order valence-electron chi connectivity index (χ1n) is 15.3. The van der Waals surface area contributed by atoms with Gasteiger partial charge in [-0.3, -0.25) is 4.98 Å². The maximum atomic E-state index is 6.58. The highest BCUT2D eigenvalue weighted by Crippen LogP contribution is 2.51. The van der Waals surface area contributed by atoms with Crippen LogP contribution in [0.15, 0.2) is 126 Å². The molecule has 4 heterocycles. The number of rotatable bonds is 2. The van der Waals surface area contributed by atoms with E-state index in [0.717, 1.165) is 44.3 Å². The van der Waals surface area contributed by atoms with E-state index < -0.39 is 0 Å². The predicted octanol–water partition coefficient (Wildman–Crippen LogP) is 9.99. The Morgan fingerprint density at radius 1 is 0.556 bits per heavy atom. The van der Waals surface area contributed by atoms with Crippen LogP contribution in [0.5, 0.6) is 0 Å². The lowest BCUT2D eigenvalue weighted by atomic mass is 9.82. The van der Waals surface area contributed by atoms with Crippen molar-refractivity contribution in [3.05, 3.63) is 133 Å². The van der Waals surface area contributed by atoms with Gasteiger partial charge in [0.1, 0.15) is 16.7 Å². The standard InChI is InChI=1S/C40H26N4O/c1-40(2)32-12-5-3-8-24(32)29-21-30-25-9-4-6-13-34(25)44(35(30)22-33(29)40)23-14-15-36-31(20-23)28-11-7-10-27(38(28)45-36)26-16-17-42-39-37(26)41-18-19-43-39/h3-22H,1-2H3. The molecule has 1 aliphatic carbocycles. The first-order chi connectivity index (χ1) is 22.1. The third kappa shape index (κ3) is 3.24. The summed E-state index contributed by atoms with van der Waals surface area (Å²) in [5.41, 5.74) is 13.9. The number of furan rings is 1. The van der Waals surface area contributed by atoms with E-state index in [1.54, 1.807) is 18.6 Å². The predicted molar refractivity (Wildman–Crippen MR) is 182 cm³/mol. The summed E-state index contributed by atoms with van der Waals surface area (Å²) >= 11 is 0. The van der Waals surface area contributed by atoms with Gasteiger partial charge in [-0.1, -0.05) is 74.5 Å². The van der Waals surface area contributed by atoms with E-state index in [9.17, 15) is 0 Å². The average Bonchev–Trinajstić information content (AvgIpc) is 3.69. The molecule has 0 saturated carbocycles. The Hall–Kier alpha value is -5.81. The van der Waals surface area contributed by atoms with Crippen LogP contribution in [-0.4, -0.2) is 19.5 Å². The number of pyridine rings is 1. The average molecular weight is 579 g/mol. The van der Waals surface area contributed by atoms with E-state index in [-0.39, 0.29) is 5.41 Å². The van der Waals surface area contributed by atoms with Crippen LogP contribution >= 0.6 is 0 Å². The Balaban J connectivity index is 1.23. The van der Waals surface area contributed by atoms with E-state index in [0.29, 0.717) is 5.65 Å². The monoisotopic (exact) mass is 578 g/mol. The summed E-state index contributed by atoms with van der Waals surface area (Å²) in [5, 5.41) is 4.66. The second-order valence-electron chi connectivity index (χ2n) is 12.5. The molecule has 0 aliphatic heterocycles. The summed E-state index contributed by atoms with van der Waals surface area (Å²) in [5.74, 6) is 0. The van der Waals surface area contributed by atoms with Gasteiger partial charge in [-0.15, -0.1) is 0 Å². The van der Waals surface area contributed by atoms with Crippen molar-refractivity contribution in [2.45, 2.75) is 19.3 Å². The van der Waals surface area contributed by atoms with Crippen LogP contribution in [0.4, 0.5) is 0 Å². The van der Waals surface area contributed by atoms with Crippen LogP contribution in [0.25, 0.3) is 82.8 Å². The molecule has 0 saturated heterocycles. The fourth-order valence-electron chi connectivity index (χ4n) is 7.67. The SMILES string of the molecule is CC1(C)c2ccccc2-c2cc3c4ccccc4n(-c4ccc5oc6c(-c7ccnc8nccnc78)cccc6c5c4)c3cc21. The lowest BCUT2D eigenvalue weighted by molar-refractivity contribution is 0.661. The van der Waals surface area contributed by atoms with E-state index in [2.05, 4.69) is 130 Å². The number of hydrogen-bond donors (Lipinski definition) is 0. The van der Waals surface area contributed by atoms with Gasteiger partial charge in [-0.25, -0.2) is 9.97 Å². The Bertz CT molecular complexity index is 2690. The third-order valence-corrected chi connectivity index (χ3v) is 9.78.